The Morgan fingerprint density at radius 2 is 2.12 bits per heavy atom. The lowest BCUT2D eigenvalue weighted by atomic mass is 10.0. The van der Waals surface area contributed by atoms with Gasteiger partial charge in [0.25, 0.3) is 0 Å². The molecule has 0 aliphatic carbocycles. The predicted octanol–water partition coefficient (Wildman–Crippen LogP) is 2.91. The molecule has 0 bridgehead atoms. The van der Waals surface area contributed by atoms with Crippen LogP contribution in [0.2, 0.25) is 0 Å². The van der Waals surface area contributed by atoms with Gasteiger partial charge in [-0.15, -0.1) is 0 Å². The van der Waals surface area contributed by atoms with E-state index in [1.54, 1.807) is 13.2 Å². The van der Waals surface area contributed by atoms with Gasteiger partial charge in [-0.2, -0.15) is 4.98 Å². The average Bonchev–Trinajstić information content (AvgIpc) is 2.31. The molecule has 0 saturated carbocycles. The van der Waals surface area contributed by atoms with E-state index in [4.69, 9.17) is 10.5 Å². The van der Waals surface area contributed by atoms with Crippen molar-refractivity contribution in [2.75, 3.05) is 18.2 Å². The molecule has 1 aromatic heterocycles. The number of nitrogens with zero attached hydrogens (tertiary/aromatic N) is 1. The number of methoxy groups -OCH3 is 1. The minimum absolute atomic E-state index is 0.354. The van der Waals surface area contributed by atoms with Crippen LogP contribution in [0.4, 0.5) is 11.5 Å². The van der Waals surface area contributed by atoms with Gasteiger partial charge in [-0.05, 0) is 25.3 Å². The standard InChI is InChI=1S/C13H23N3O/c1-5-9(2)8-10(3)15-13-11(14)6-7-12(16-13)17-4/h6-7,9-10H,5,8,14H2,1-4H3,(H,15,16). The Bertz CT molecular complexity index is 355. The van der Waals surface area contributed by atoms with Crippen LogP contribution in [-0.4, -0.2) is 18.1 Å². The molecule has 96 valence electrons. The normalized spacial score (nSPS) is 14.1. The monoisotopic (exact) mass is 237 g/mol. The zero-order valence-corrected chi connectivity index (χ0v) is 11.2. The molecule has 0 radical (unpaired) electrons. The van der Waals surface area contributed by atoms with Gasteiger partial charge in [0, 0.05) is 12.1 Å². The first kappa shape index (κ1) is 13.6. The summed E-state index contributed by atoms with van der Waals surface area (Å²) < 4.78 is 5.09. The van der Waals surface area contributed by atoms with Crippen LogP contribution in [0.5, 0.6) is 5.88 Å². The maximum Gasteiger partial charge on any atom is 0.215 e. The van der Waals surface area contributed by atoms with E-state index in [-0.39, 0.29) is 0 Å². The molecule has 17 heavy (non-hydrogen) atoms. The molecule has 2 unspecified atom stereocenters. The highest BCUT2D eigenvalue weighted by Crippen LogP contribution is 2.21. The molecule has 0 fully saturated rings. The molecular weight excluding hydrogens is 214 g/mol. The number of hydrogen-bond donors (Lipinski definition) is 2. The first-order valence-electron chi connectivity index (χ1n) is 6.13. The summed E-state index contributed by atoms with van der Waals surface area (Å²) in [6.45, 7) is 6.60. The summed E-state index contributed by atoms with van der Waals surface area (Å²) in [7, 11) is 1.60. The molecule has 4 nitrogen and oxygen atoms in total. The molecule has 1 aromatic rings. The summed E-state index contributed by atoms with van der Waals surface area (Å²) in [5.74, 6) is 1.99. The van der Waals surface area contributed by atoms with Crippen molar-refractivity contribution in [1.82, 2.24) is 4.98 Å². The lowest BCUT2D eigenvalue weighted by molar-refractivity contribution is 0.398. The van der Waals surface area contributed by atoms with Gasteiger partial charge in [0.2, 0.25) is 5.88 Å². The van der Waals surface area contributed by atoms with Gasteiger partial charge in [0.1, 0.15) is 0 Å². The SMILES string of the molecule is CCC(C)CC(C)Nc1nc(OC)ccc1N. The van der Waals surface area contributed by atoms with Crippen molar-refractivity contribution >= 4 is 11.5 Å². The Kier molecular flexibility index (Phi) is 5.07. The number of nitrogens with two attached hydrogens (primary N) is 1. The third-order valence-electron chi connectivity index (χ3n) is 2.95. The van der Waals surface area contributed by atoms with Gasteiger partial charge >= 0.3 is 0 Å². The first-order chi connectivity index (χ1) is 8.06. The van der Waals surface area contributed by atoms with E-state index in [1.807, 2.05) is 6.07 Å². The van der Waals surface area contributed by atoms with E-state index >= 15 is 0 Å². The van der Waals surface area contributed by atoms with Crippen LogP contribution >= 0.6 is 0 Å². The molecule has 1 heterocycles. The molecule has 0 aliphatic rings. The predicted molar refractivity (Wildman–Crippen MR) is 72.4 cm³/mol. The molecule has 0 saturated heterocycles. The van der Waals surface area contributed by atoms with Crippen LogP contribution < -0.4 is 15.8 Å². The van der Waals surface area contributed by atoms with Crippen molar-refractivity contribution < 1.29 is 4.74 Å². The van der Waals surface area contributed by atoms with Crippen molar-refractivity contribution in [3.8, 4) is 5.88 Å². The highest BCUT2D eigenvalue weighted by molar-refractivity contribution is 5.62. The van der Waals surface area contributed by atoms with Crippen molar-refractivity contribution in [1.29, 1.82) is 0 Å². The van der Waals surface area contributed by atoms with E-state index in [2.05, 4.69) is 31.1 Å². The van der Waals surface area contributed by atoms with Crippen LogP contribution in [0.25, 0.3) is 0 Å². The van der Waals surface area contributed by atoms with Gasteiger partial charge in [-0.1, -0.05) is 20.3 Å². The molecule has 2 atom stereocenters. The topological polar surface area (TPSA) is 60.2 Å². The van der Waals surface area contributed by atoms with Crippen LogP contribution in [0.3, 0.4) is 0 Å². The Balaban J connectivity index is 2.66. The maximum absolute atomic E-state index is 5.88. The van der Waals surface area contributed by atoms with E-state index in [0.29, 0.717) is 29.3 Å². The third kappa shape index (κ3) is 4.13. The molecule has 0 aliphatic heterocycles. The summed E-state index contributed by atoms with van der Waals surface area (Å²) in [4.78, 5) is 4.31. The van der Waals surface area contributed by atoms with Crippen LogP contribution in [0, 0.1) is 5.92 Å². The highest BCUT2D eigenvalue weighted by Gasteiger charge is 2.10. The van der Waals surface area contributed by atoms with Gasteiger partial charge in [0.05, 0.1) is 12.8 Å². The van der Waals surface area contributed by atoms with Crippen LogP contribution in [-0.2, 0) is 0 Å². The molecule has 0 aromatic carbocycles. The van der Waals surface area contributed by atoms with Crippen LogP contribution in [0.1, 0.15) is 33.6 Å². The minimum atomic E-state index is 0.354. The smallest absolute Gasteiger partial charge is 0.215 e. The van der Waals surface area contributed by atoms with Crippen molar-refractivity contribution in [3.05, 3.63) is 12.1 Å². The Morgan fingerprint density at radius 1 is 1.41 bits per heavy atom. The summed E-state index contributed by atoms with van der Waals surface area (Å²) in [5.41, 5.74) is 6.53. The molecular formula is C13H23N3O. The lowest BCUT2D eigenvalue weighted by Gasteiger charge is -2.19. The summed E-state index contributed by atoms with van der Waals surface area (Å²) >= 11 is 0. The molecule has 3 N–H and O–H groups in total. The third-order valence-corrected chi connectivity index (χ3v) is 2.95. The number of pyridine rings is 1. The minimum Gasteiger partial charge on any atom is -0.481 e. The van der Waals surface area contributed by atoms with Crippen LogP contribution in [0.15, 0.2) is 12.1 Å². The zero-order chi connectivity index (χ0) is 12.8. The number of ether oxygens (including phenoxy) is 1. The van der Waals surface area contributed by atoms with E-state index in [0.717, 1.165) is 6.42 Å². The molecule has 0 spiro atoms. The molecule has 0 amide bonds. The van der Waals surface area contributed by atoms with E-state index in [1.165, 1.54) is 6.42 Å². The maximum atomic E-state index is 5.88. The second kappa shape index (κ2) is 6.33. The second-order valence-corrected chi connectivity index (χ2v) is 4.59. The number of aromatic nitrogens is 1. The molecule has 1 rings (SSSR count). The number of rotatable bonds is 6. The van der Waals surface area contributed by atoms with E-state index in [9.17, 15) is 0 Å². The fourth-order valence-electron chi connectivity index (χ4n) is 1.74. The summed E-state index contributed by atoms with van der Waals surface area (Å²) in [6, 6.07) is 3.93. The van der Waals surface area contributed by atoms with Gasteiger partial charge in [-0.3, -0.25) is 0 Å². The summed E-state index contributed by atoms with van der Waals surface area (Å²) in [5, 5.41) is 3.33. The number of nitrogens with one attached hydrogen (secondary N) is 1. The summed E-state index contributed by atoms with van der Waals surface area (Å²) in [6.07, 6.45) is 2.29. The Labute approximate surface area is 104 Å². The van der Waals surface area contributed by atoms with E-state index < -0.39 is 0 Å². The van der Waals surface area contributed by atoms with Crippen molar-refractivity contribution in [2.24, 2.45) is 5.92 Å². The largest absolute Gasteiger partial charge is 0.481 e. The average molecular weight is 237 g/mol. The van der Waals surface area contributed by atoms with Crippen molar-refractivity contribution in [3.63, 3.8) is 0 Å². The fraction of sp³-hybridized carbons (Fsp3) is 0.615. The fourth-order valence-corrected chi connectivity index (χ4v) is 1.74. The molecule has 4 heteroatoms. The lowest BCUT2D eigenvalue weighted by Crippen LogP contribution is -2.20. The highest BCUT2D eigenvalue weighted by atomic mass is 16.5. The number of anilines is 2. The quantitative estimate of drug-likeness (QED) is 0.798. The number of hydrogen-bond acceptors (Lipinski definition) is 4. The zero-order valence-electron chi connectivity index (χ0n) is 11.2. The van der Waals surface area contributed by atoms with Gasteiger partial charge < -0.3 is 15.8 Å². The van der Waals surface area contributed by atoms with Gasteiger partial charge in [0.15, 0.2) is 5.82 Å². The number of nitrogen functional groups attached to an aromatic ring is 1. The second-order valence-electron chi connectivity index (χ2n) is 4.59. The Morgan fingerprint density at radius 3 is 2.71 bits per heavy atom. The Hall–Kier alpha value is -1.45. The van der Waals surface area contributed by atoms with Crippen molar-refractivity contribution in [2.45, 2.75) is 39.7 Å². The first-order valence-corrected chi connectivity index (χ1v) is 6.13. The van der Waals surface area contributed by atoms with Gasteiger partial charge in [-0.25, -0.2) is 0 Å².